The molecule has 1 saturated carbocycles. The Labute approximate surface area is 137 Å². The maximum Gasteiger partial charge on any atom is 0.435 e. The van der Waals surface area contributed by atoms with Crippen molar-refractivity contribution in [3.05, 3.63) is 53.6 Å². The molecule has 126 valence electrons. The van der Waals surface area contributed by atoms with E-state index in [2.05, 4.69) is 5.10 Å². The van der Waals surface area contributed by atoms with Crippen LogP contribution in [0.5, 0.6) is 0 Å². The normalized spacial score (nSPS) is 17.8. The molecule has 0 spiro atoms. The van der Waals surface area contributed by atoms with Crippen LogP contribution in [-0.4, -0.2) is 16.3 Å². The van der Waals surface area contributed by atoms with Gasteiger partial charge < -0.3 is 4.84 Å². The van der Waals surface area contributed by atoms with E-state index in [0.29, 0.717) is 17.9 Å². The molecule has 0 N–H and O–H groups in total. The van der Waals surface area contributed by atoms with Crippen LogP contribution < -0.4 is 5.06 Å². The molecule has 1 fully saturated rings. The van der Waals surface area contributed by atoms with Crippen molar-refractivity contribution in [1.29, 1.82) is 0 Å². The molecule has 1 aromatic carbocycles. The summed E-state index contributed by atoms with van der Waals surface area (Å²) in [5, 5.41) is 5.52. The Morgan fingerprint density at radius 2 is 1.79 bits per heavy atom. The fourth-order valence-corrected chi connectivity index (χ4v) is 2.79. The number of halogens is 3. The van der Waals surface area contributed by atoms with Crippen molar-refractivity contribution in [2.24, 2.45) is 0 Å². The van der Waals surface area contributed by atoms with Gasteiger partial charge in [-0.25, -0.2) is 9.75 Å². The Hall–Kier alpha value is -2.44. The van der Waals surface area contributed by atoms with Crippen molar-refractivity contribution in [3.63, 3.8) is 0 Å². The monoisotopic (exact) mass is 335 g/mol. The number of anilines is 1. The Morgan fingerprint density at radius 1 is 1.12 bits per heavy atom. The molecular formula is C17H16F3N3O. The lowest BCUT2D eigenvalue weighted by Crippen LogP contribution is -2.17. The Morgan fingerprint density at radius 3 is 2.33 bits per heavy atom. The van der Waals surface area contributed by atoms with Gasteiger partial charge in [0.2, 0.25) is 0 Å². The van der Waals surface area contributed by atoms with Gasteiger partial charge in [-0.1, -0.05) is 0 Å². The van der Waals surface area contributed by atoms with Gasteiger partial charge in [0, 0.05) is 11.6 Å². The Bertz CT molecular complexity index is 788. The van der Waals surface area contributed by atoms with Crippen molar-refractivity contribution in [2.45, 2.75) is 31.9 Å². The first-order valence-electron chi connectivity index (χ1n) is 7.82. The molecule has 0 radical (unpaired) electrons. The number of rotatable bonds is 3. The first kappa shape index (κ1) is 15.1. The number of hydrogen-bond acceptors (Lipinski definition) is 3. The smallest absolute Gasteiger partial charge is 0.384 e. The highest BCUT2D eigenvalue weighted by Crippen LogP contribution is 2.43. The summed E-state index contributed by atoms with van der Waals surface area (Å²) in [6, 6.07) is 8.36. The average molecular weight is 335 g/mol. The Kier molecular flexibility index (Phi) is 3.33. The molecule has 1 aliphatic heterocycles. The molecule has 24 heavy (non-hydrogen) atoms. The minimum absolute atomic E-state index is 0.169. The maximum atomic E-state index is 13.0. The second-order valence-electron chi connectivity index (χ2n) is 6.12. The van der Waals surface area contributed by atoms with Crippen molar-refractivity contribution < 1.29 is 18.0 Å². The molecule has 2 aliphatic rings. The quantitative estimate of drug-likeness (QED) is 0.831. The lowest BCUT2D eigenvalue weighted by atomic mass is 10.2. The summed E-state index contributed by atoms with van der Waals surface area (Å²) in [4.78, 5) is 5.54. The van der Waals surface area contributed by atoms with Gasteiger partial charge >= 0.3 is 6.18 Å². The zero-order chi connectivity index (χ0) is 16.9. The van der Waals surface area contributed by atoms with E-state index in [-0.39, 0.29) is 5.92 Å². The van der Waals surface area contributed by atoms with Gasteiger partial charge in [0.25, 0.3) is 0 Å². The topological polar surface area (TPSA) is 30.3 Å². The minimum Gasteiger partial charge on any atom is -0.384 e. The van der Waals surface area contributed by atoms with Crippen LogP contribution in [0.3, 0.4) is 0 Å². The lowest BCUT2D eigenvalue weighted by molar-refractivity contribution is -0.141. The van der Waals surface area contributed by atoms with Gasteiger partial charge in [-0.3, -0.25) is 0 Å². The van der Waals surface area contributed by atoms with E-state index >= 15 is 0 Å². The molecule has 0 amide bonds. The minimum atomic E-state index is -4.43. The summed E-state index contributed by atoms with van der Waals surface area (Å²) >= 11 is 0. The molecule has 2 heterocycles. The molecule has 0 unspecified atom stereocenters. The van der Waals surface area contributed by atoms with E-state index in [1.165, 1.54) is 10.7 Å². The van der Waals surface area contributed by atoms with Crippen molar-refractivity contribution in [3.8, 4) is 5.69 Å². The SMILES string of the molecule is CC1=CCN(c2ccc(-n3nc(C(F)(F)F)cc3C3CC3)cc2)O1. The number of hydrogen-bond donors (Lipinski definition) is 0. The van der Waals surface area contributed by atoms with Gasteiger partial charge in [0.05, 0.1) is 17.9 Å². The molecule has 2 aromatic rings. The fourth-order valence-electron chi connectivity index (χ4n) is 2.79. The standard InChI is InChI=1S/C17H16F3N3O/c1-11-8-9-22(24-11)13-4-6-14(7-5-13)23-15(12-2-3-12)10-16(21-23)17(18,19)20/h4-8,10,12H,2-3,9H2,1H3. The van der Waals surface area contributed by atoms with Crippen molar-refractivity contribution in [2.75, 3.05) is 11.6 Å². The van der Waals surface area contributed by atoms with Crippen LogP contribution in [0.4, 0.5) is 18.9 Å². The third-order valence-corrected chi connectivity index (χ3v) is 4.20. The Balaban J connectivity index is 1.65. The van der Waals surface area contributed by atoms with Crippen LogP contribution in [0.1, 0.15) is 37.1 Å². The van der Waals surface area contributed by atoms with Gasteiger partial charge in [0.15, 0.2) is 5.69 Å². The number of hydroxylamine groups is 1. The van der Waals surface area contributed by atoms with E-state index < -0.39 is 11.9 Å². The van der Waals surface area contributed by atoms with Crippen LogP contribution in [0.2, 0.25) is 0 Å². The van der Waals surface area contributed by atoms with E-state index in [4.69, 9.17) is 4.84 Å². The summed E-state index contributed by atoms with van der Waals surface area (Å²) < 4.78 is 40.4. The van der Waals surface area contributed by atoms with Crippen molar-refractivity contribution >= 4 is 5.69 Å². The first-order valence-corrected chi connectivity index (χ1v) is 7.82. The number of benzene rings is 1. The molecule has 0 saturated heterocycles. The number of aromatic nitrogens is 2. The van der Waals surface area contributed by atoms with Gasteiger partial charge in [0.1, 0.15) is 5.76 Å². The number of allylic oxidation sites excluding steroid dienone is 1. The third kappa shape index (κ3) is 2.74. The molecular weight excluding hydrogens is 319 g/mol. The number of nitrogens with zero attached hydrogens (tertiary/aromatic N) is 3. The summed E-state index contributed by atoms with van der Waals surface area (Å²) in [6.07, 6.45) is -0.648. The van der Waals surface area contributed by atoms with Gasteiger partial charge in [-0.2, -0.15) is 18.3 Å². The van der Waals surface area contributed by atoms with Crippen LogP contribution in [0.15, 0.2) is 42.2 Å². The van der Waals surface area contributed by atoms with Crippen LogP contribution >= 0.6 is 0 Å². The summed E-state index contributed by atoms with van der Waals surface area (Å²) in [6.45, 7) is 2.52. The van der Waals surface area contributed by atoms with Gasteiger partial charge in [-0.05, 0) is 56.2 Å². The number of alkyl halides is 3. The van der Waals surface area contributed by atoms with Crippen molar-refractivity contribution in [1.82, 2.24) is 9.78 Å². The predicted octanol–water partition coefficient (Wildman–Crippen LogP) is 4.42. The molecule has 7 heteroatoms. The molecule has 4 rings (SSSR count). The highest BCUT2D eigenvalue weighted by molar-refractivity contribution is 5.51. The zero-order valence-corrected chi connectivity index (χ0v) is 13.0. The zero-order valence-electron chi connectivity index (χ0n) is 13.0. The van der Waals surface area contributed by atoms with E-state index in [0.717, 1.165) is 24.3 Å². The van der Waals surface area contributed by atoms with Crippen LogP contribution in [0, 0.1) is 0 Å². The molecule has 0 bridgehead atoms. The van der Waals surface area contributed by atoms with E-state index in [1.54, 1.807) is 17.2 Å². The van der Waals surface area contributed by atoms with Crippen LogP contribution in [0.25, 0.3) is 5.69 Å². The predicted molar refractivity (Wildman–Crippen MR) is 82.7 cm³/mol. The first-order chi connectivity index (χ1) is 11.4. The summed E-state index contributed by atoms with van der Waals surface area (Å²) in [5.74, 6) is 0.999. The van der Waals surface area contributed by atoms with Gasteiger partial charge in [-0.15, -0.1) is 0 Å². The fraction of sp³-hybridized carbons (Fsp3) is 0.353. The second-order valence-corrected chi connectivity index (χ2v) is 6.12. The third-order valence-electron chi connectivity index (χ3n) is 4.20. The maximum absolute atomic E-state index is 13.0. The summed E-state index contributed by atoms with van der Waals surface area (Å²) in [7, 11) is 0. The van der Waals surface area contributed by atoms with E-state index in [9.17, 15) is 13.2 Å². The second kappa shape index (κ2) is 5.29. The molecule has 4 nitrogen and oxygen atoms in total. The summed E-state index contributed by atoms with van der Waals surface area (Å²) in [5.41, 5.74) is 1.27. The molecule has 1 aromatic heterocycles. The lowest BCUT2D eigenvalue weighted by Gasteiger charge is -2.18. The molecule has 1 aliphatic carbocycles. The average Bonchev–Trinajstić information content (AvgIpc) is 3.12. The highest BCUT2D eigenvalue weighted by atomic mass is 19.4. The van der Waals surface area contributed by atoms with E-state index in [1.807, 2.05) is 25.1 Å². The largest absolute Gasteiger partial charge is 0.435 e. The molecule has 0 atom stereocenters. The van der Waals surface area contributed by atoms with Crippen LogP contribution in [-0.2, 0) is 11.0 Å². The highest BCUT2D eigenvalue weighted by Gasteiger charge is 2.38.